The normalized spacial score (nSPS) is 11.3. The van der Waals surface area contributed by atoms with Gasteiger partial charge in [0.25, 0.3) is 0 Å². The Morgan fingerprint density at radius 2 is 2.19 bits per heavy atom. The molecule has 1 aromatic heterocycles. The molecule has 4 nitrogen and oxygen atoms in total. The molecule has 1 heterocycles. The lowest BCUT2D eigenvalue weighted by Crippen LogP contribution is -2.25. The first-order valence-electron chi connectivity index (χ1n) is 5.64. The Morgan fingerprint density at radius 3 is 2.75 bits per heavy atom. The summed E-state index contributed by atoms with van der Waals surface area (Å²) in [6.45, 7) is 5.97. The molecule has 0 aliphatic carbocycles. The smallest absolute Gasteiger partial charge is 0.0814 e. The van der Waals surface area contributed by atoms with Gasteiger partial charge in [0.2, 0.25) is 0 Å². The molecule has 0 bridgehead atoms. The molecule has 1 rings (SSSR count). The van der Waals surface area contributed by atoms with Crippen molar-refractivity contribution >= 4 is 11.6 Å². The Balaban J connectivity index is 2.10. The number of hydrogen-bond acceptors (Lipinski definition) is 3. The van der Waals surface area contributed by atoms with E-state index in [0.29, 0.717) is 0 Å². The van der Waals surface area contributed by atoms with Gasteiger partial charge in [-0.25, -0.2) is 0 Å². The van der Waals surface area contributed by atoms with E-state index in [1.54, 1.807) is 6.20 Å². The second-order valence-corrected chi connectivity index (χ2v) is 4.62. The maximum atomic E-state index is 5.92. The van der Waals surface area contributed by atoms with Crippen LogP contribution in [0.25, 0.3) is 0 Å². The van der Waals surface area contributed by atoms with E-state index in [-0.39, 0.29) is 0 Å². The molecule has 0 aliphatic heterocycles. The van der Waals surface area contributed by atoms with Crippen molar-refractivity contribution < 1.29 is 0 Å². The van der Waals surface area contributed by atoms with Crippen LogP contribution in [0.4, 0.5) is 0 Å². The van der Waals surface area contributed by atoms with Crippen LogP contribution >= 0.6 is 11.6 Å². The van der Waals surface area contributed by atoms with Crippen molar-refractivity contribution in [1.29, 1.82) is 0 Å². The molecule has 0 radical (unpaired) electrons. The fourth-order valence-corrected chi connectivity index (χ4v) is 1.62. The van der Waals surface area contributed by atoms with E-state index < -0.39 is 0 Å². The Bertz CT molecular complexity index is 309. The molecule has 0 aromatic carbocycles. The first-order chi connectivity index (χ1) is 7.61. The summed E-state index contributed by atoms with van der Waals surface area (Å²) in [6, 6.07) is 0. The number of aromatic nitrogens is 2. The van der Waals surface area contributed by atoms with Crippen LogP contribution in [0.15, 0.2) is 6.20 Å². The van der Waals surface area contributed by atoms with Crippen molar-refractivity contribution in [3.8, 4) is 0 Å². The molecular weight excluding hydrogens is 224 g/mol. The molecule has 0 atom stereocenters. The van der Waals surface area contributed by atoms with E-state index in [9.17, 15) is 0 Å². The molecule has 0 spiro atoms. The van der Waals surface area contributed by atoms with E-state index in [1.807, 2.05) is 11.6 Å². The fraction of sp³-hybridized carbons (Fsp3) is 0.727. The van der Waals surface area contributed by atoms with Crippen molar-refractivity contribution in [2.45, 2.75) is 19.9 Å². The van der Waals surface area contributed by atoms with Crippen molar-refractivity contribution in [3.63, 3.8) is 0 Å². The Hall–Kier alpha value is -0.580. The molecule has 0 amide bonds. The quantitative estimate of drug-likeness (QED) is 0.736. The molecular formula is C11H21ClN4. The van der Waals surface area contributed by atoms with Crippen LogP contribution in [0.3, 0.4) is 0 Å². The van der Waals surface area contributed by atoms with E-state index >= 15 is 0 Å². The lowest BCUT2D eigenvalue weighted by Gasteiger charge is -2.10. The largest absolute Gasteiger partial charge is 0.315 e. The minimum atomic E-state index is 0.743. The topological polar surface area (TPSA) is 33.1 Å². The van der Waals surface area contributed by atoms with E-state index in [0.717, 1.165) is 36.9 Å². The summed E-state index contributed by atoms with van der Waals surface area (Å²) in [6.07, 6.45) is 2.87. The summed E-state index contributed by atoms with van der Waals surface area (Å²) in [4.78, 5) is 2.19. The lowest BCUT2D eigenvalue weighted by atomic mass is 10.4. The molecule has 0 fully saturated rings. The highest BCUT2D eigenvalue weighted by Gasteiger charge is 2.02. The summed E-state index contributed by atoms with van der Waals surface area (Å²) >= 11 is 5.92. The van der Waals surface area contributed by atoms with Crippen LogP contribution in [-0.2, 0) is 6.54 Å². The Labute approximate surface area is 103 Å². The third kappa shape index (κ3) is 4.51. The van der Waals surface area contributed by atoms with Crippen LogP contribution in [-0.4, -0.2) is 48.4 Å². The summed E-state index contributed by atoms with van der Waals surface area (Å²) in [5.74, 6) is 0. The van der Waals surface area contributed by atoms with Crippen LogP contribution in [0, 0.1) is 6.92 Å². The third-order valence-corrected chi connectivity index (χ3v) is 2.87. The summed E-state index contributed by atoms with van der Waals surface area (Å²) < 4.78 is 1.93. The third-order valence-electron chi connectivity index (χ3n) is 2.50. The number of halogens is 1. The zero-order valence-electron chi connectivity index (χ0n) is 10.3. The first kappa shape index (κ1) is 13.5. The second kappa shape index (κ2) is 6.89. The highest BCUT2D eigenvalue weighted by atomic mass is 35.5. The van der Waals surface area contributed by atoms with Crippen LogP contribution < -0.4 is 5.32 Å². The van der Waals surface area contributed by atoms with Gasteiger partial charge >= 0.3 is 0 Å². The SMILES string of the molecule is Cc1c(Cl)cnn1CCNCCCN(C)C. The molecule has 16 heavy (non-hydrogen) atoms. The molecule has 0 saturated heterocycles. The average molecular weight is 245 g/mol. The maximum Gasteiger partial charge on any atom is 0.0814 e. The van der Waals surface area contributed by atoms with Crippen LogP contribution in [0.1, 0.15) is 12.1 Å². The number of nitrogens with zero attached hydrogens (tertiary/aromatic N) is 3. The molecule has 0 saturated carbocycles. The minimum Gasteiger partial charge on any atom is -0.315 e. The predicted molar refractivity (Wildman–Crippen MR) is 68.0 cm³/mol. The Morgan fingerprint density at radius 1 is 1.44 bits per heavy atom. The molecule has 0 aliphatic rings. The summed E-state index contributed by atoms with van der Waals surface area (Å²) in [7, 11) is 4.18. The van der Waals surface area contributed by atoms with Crippen LogP contribution in [0.2, 0.25) is 5.02 Å². The number of hydrogen-bond donors (Lipinski definition) is 1. The van der Waals surface area contributed by atoms with E-state index in [4.69, 9.17) is 11.6 Å². The first-order valence-corrected chi connectivity index (χ1v) is 6.02. The maximum absolute atomic E-state index is 5.92. The fourth-order valence-electron chi connectivity index (χ4n) is 1.48. The van der Waals surface area contributed by atoms with E-state index in [2.05, 4.69) is 29.4 Å². The predicted octanol–water partition coefficient (Wildman–Crippen LogP) is 1.39. The Kier molecular flexibility index (Phi) is 5.80. The van der Waals surface area contributed by atoms with Crippen molar-refractivity contribution in [2.24, 2.45) is 0 Å². The lowest BCUT2D eigenvalue weighted by molar-refractivity contribution is 0.392. The molecule has 1 N–H and O–H groups in total. The van der Waals surface area contributed by atoms with Gasteiger partial charge in [-0.2, -0.15) is 5.10 Å². The van der Waals surface area contributed by atoms with Gasteiger partial charge in [-0.1, -0.05) is 11.6 Å². The monoisotopic (exact) mass is 244 g/mol. The standard InChI is InChI=1S/C11H21ClN4/c1-10-11(12)9-14-16(10)8-6-13-5-4-7-15(2)3/h9,13H,4-8H2,1-3H3. The zero-order valence-corrected chi connectivity index (χ0v) is 11.1. The van der Waals surface area contributed by atoms with Gasteiger partial charge in [0.1, 0.15) is 0 Å². The van der Waals surface area contributed by atoms with Crippen LogP contribution in [0.5, 0.6) is 0 Å². The molecule has 5 heteroatoms. The van der Waals surface area contributed by atoms with Crippen molar-refractivity contribution in [2.75, 3.05) is 33.7 Å². The van der Waals surface area contributed by atoms with Gasteiger partial charge in [-0.15, -0.1) is 0 Å². The molecule has 0 unspecified atom stereocenters. The van der Waals surface area contributed by atoms with Gasteiger partial charge in [0, 0.05) is 6.54 Å². The van der Waals surface area contributed by atoms with Gasteiger partial charge in [-0.05, 0) is 40.5 Å². The average Bonchev–Trinajstić information content (AvgIpc) is 2.54. The summed E-state index contributed by atoms with van der Waals surface area (Å²) in [5, 5.41) is 8.34. The number of nitrogens with one attached hydrogen (secondary N) is 1. The van der Waals surface area contributed by atoms with Gasteiger partial charge in [0.15, 0.2) is 0 Å². The zero-order chi connectivity index (χ0) is 12.0. The van der Waals surface area contributed by atoms with Gasteiger partial charge in [-0.3, -0.25) is 4.68 Å². The number of rotatable bonds is 7. The van der Waals surface area contributed by atoms with Crippen molar-refractivity contribution in [1.82, 2.24) is 20.0 Å². The highest BCUT2D eigenvalue weighted by Crippen LogP contribution is 2.12. The van der Waals surface area contributed by atoms with Crippen molar-refractivity contribution in [3.05, 3.63) is 16.9 Å². The second-order valence-electron chi connectivity index (χ2n) is 4.21. The summed E-state index contributed by atoms with van der Waals surface area (Å²) in [5.41, 5.74) is 1.04. The molecule has 92 valence electrons. The minimum absolute atomic E-state index is 0.743. The highest BCUT2D eigenvalue weighted by molar-refractivity contribution is 6.31. The van der Waals surface area contributed by atoms with Gasteiger partial charge < -0.3 is 10.2 Å². The van der Waals surface area contributed by atoms with Gasteiger partial charge in [0.05, 0.1) is 23.5 Å². The molecule has 1 aromatic rings. The van der Waals surface area contributed by atoms with E-state index in [1.165, 1.54) is 6.42 Å².